The van der Waals surface area contributed by atoms with Crippen molar-refractivity contribution in [3.05, 3.63) is 41.6 Å². The fourth-order valence-electron chi connectivity index (χ4n) is 4.51. The number of pyridine rings is 1. The van der Waals surface area contributed by atoms with Gasteiger partial charge in [0.1, 0.15) is 0 Å². The number of para-hydroxylation sites is 1. The Kier molecular flexibility index (Phi) is 4.01. The van der Waals surface area contributed by atoms with E-state index < -0.39 is 0 Å². The van der Waals surface area contributed by atoms with E-state index in [9.17, 15) is 4.79 Å². The molecule has 2 aliphatic heterocycles. The summed E-state index contributed by atoms with van der Waals surface area (Å²) in [5.41, 5.74) is 2.63. The van der Waals surface area contributed by atoms with E-state index in [1.54, 1.807) is 0 Å². The van der Waals surface area contributed by atoms with Crippen LogP contribution >= 0.6 is 0 Å². The van der Waals surface area contributed by atoms with Gasteiger partial charge >= 0.3 is 0 Å². The zero-order chi connectivity index (χ0) is 16.7. The van der Waals surface area contributed by atoms with Crippen molar-refractivity contribution >= 4 is 16.8 Å². The fourth-order valence-corrected chi connectivity index (χ4v) is 4.51. The second-order valence-electron chi connectivity index (χ2n) is 7.23. The number of nitrogens with zero attached hydrogens (tertiary/aromatic N) is 3. The number of benzene rings is 1. The number of likely N-dealkylation sites (N-methyl/N-ethyl adjacent to an activating group) is 1. The van der Waals surface area contributed by atoms with Crippen LogP contribution in [-0.2, 0) is 0 Å². The van der Waals surface area contributed by atoms with E-state index in [0.717, 1.165) is 48.1 Å². The Bertz CT molecular complexity index is 773. The van der Waals surface area contributed by atoms with E-state index in [1.807, 2.05) is 37.3 Å². The molecule has 0 unspecified atom stereocenters. The van der Waals surface area contributed by atoms with E-state index in [2.05, 4.69) is 21.8 Å². The standard InChI is InChI=1S/C20H25N3O/c1-14-13-16(15-7-3-4-8-17(15)21-14)20(24)23-12-6-10-19(23)18-9-5-11-22(18)2/h3-4,7-8,13,18-19H,5-6,9-12H2,1-2H3/t18-,19+/m1/s1. The number of carbonyl (C=O) groups is 1. The maximum atomic E-state index is 13.4. The Labute approximate surface area is 143 Å². The van der Waals surface area contributed by atoms with Crippen molar-refractivity contribution in [2.24, 2.45) is 0 Å². The van der Waals surface area contributed by atoms with E-state index >= 15 is 0 Å². The summed E-state index contributed by atoms with van der Waals surface area (Å²) in [6.45, 7) is 4.00. The lowest BCUT2D eigenvalue weighted by Gasteiger charge is -2.33. The molecular weight excluding hydrogens is 298 g/mol. The molecular formula is C20H25N3O. The first kappa shape index (κ1) is 15.6. The molecule has 2 atom stereocenters. The number of aromatic nitrogens is 1. The number of aryl methyl sites for hydroxylation is 1. The third-order valence-corrected chi connectivity index (χ3v) is 5.66. The van der Waals surface area contributed by atoms with Gasteiger partial charge in [-0.1, -0.05) is 18.2 Å². The summed E-state index contributed by atoms with van der Waals surface area (Å²) in [6.07, 6.45) is 4.70. The SMILES string of the molecule is Cc1cc(C(=O)N2CCC[C@H]2[C@H]2CCCN2C)c2ccccc2n1. The first-order valence-corrected chi connectivity index (χ1v) is 9.03. The Morgan fingerprint density at radius 1 is 1.12 bits per heavy atom. The highest BCUT2D eigenvalue weighted by atomic mass is 16.2. The Morgan fingerprint density at radius 2 is 1.88 bits per heavy atom. The van der Waals surface area contributed by atoms with Gasteiger partial charge in [0.15, 0.2) is 0 Å². The molecule has 0 aliphatic carbocycles. The number of carbonyl (C=O) groups excluding carboxylic acids is 1. The molecule has 2 aliphatic rings. The number of likely N-dealkylation sites (tertiary alicyclic amines) is 2. The molecule has 126 valence electrons. The van der Waals surface area contributed by atoms with Crippen molar-refractivity contribution in [2.75, 3.05) is 20.1 Å². The summed E-state index contributed by atoms with van der Waals surface area (Å²) in [4.78, 5) is 22.5. The predicted octanol–water partition coefficient (Wildman–Crippen LogP) is 3.24. The molecule has 0 radical (unpaired) electrons. The number of hydrogen-bond acceptors (Lipinski definition) is 3. The molecule has 0 bridgehead atoms. The first-order valence-electron chi connectivity index (χ1n) is 9.03. The topological polar surface area (TPSA) is 36.4 Å². The molecule has 1 amide bonds. The zero-order valence-electron chi connectivity index (χ0n) is 14.5. The van der Waals surface area contributed by atoms with Crippen LogP contribution in [0.1, 0.15) is 41.7 Å². The largest absolute Gasteiger partial charge is 0.334 e. The van der Waals surface area contributed by atoms with Crippen LogP contribution in [0.2, 0.25) is 0 Å². The fraction of sp³-hybridized carbons (Fsp3) is 0.500. The van der Waals surface area contributed by atoms with Gasteiger partial charge in [-0.05, 0) is 58.3 Å². The Hall–Kier alpha value is -1.94. The molecule has 1 aromatic carbocycles. The van der Waals surface area contributed by atoms with Crippen LogP contribution in [0.5, 0.6) is 0 Å². The molecule has 0 spiro atoms. The zero-order valence-corrected chi connectivity index (χ0v) is 14.5. The van der Waals surface area contributed by atoms with Crippen molar-refractivity contribution in [3.63, 3.8) is 0 Å². The number of hydrogen-bond donors (Lipinski definition) is 0. The molecule has 4 rings (SSSR count). The number of amides is 1. The monoisotopic (exact) mass is 323 g/mol. The van der Waals surface area contributed by atoms with Crippen molar-refractivity contribution < 1.29 is 4.79 Å². The molecule has 2 fully saturated rings. The molecule has 24 heavy (non-hydrogen) atoms. The predicted molar refractivity (Wildman–Crippen MR) is 96.2 cm³/mol. The van der Waals surface area contributed by atoms with Gasteiger partial charge in [-0.25, -0.2) is 0 Å². The summed E-state index contributed by atoms with van der Waals surface area (Å²) in [5.74, 6) is 0.180. The third-order valence-electron chi connectivity index (χ3n) is 5.66. The Balaban J connectivity index is 1.70. The van der Waals surface area contributed by atoms with E-state index in [-0.39, 0.29) is 5.91 Å². The van der Waals surface area contributed by atoms with Gasteiger partial charge in [0.25, 0.3) is 5.91 Å². The van der Waals surface area contributed by atoms with Gasteiger partial charge in [-0.2, -0.15) is 0 Å². The average molecular weight is 323 g/mol. The molecule has 2 aromatic rings. The van der Waals surface area contributed by atoms with Gasteiger partial charge in [0, 0.05) is 29.7 Å². The maximum Gasteiger partial charge on any atom is 0.254 e. The van der Waals surface area contributed by atoms with Gasteiger partial charge in [0.05, 0.1) is 11.1 Å². The van der Waals surface area contributed by atoms with E-state index in [0.29, 0.717) is 12.1 Å². The van der Waals surface area contributed by atoms with Crippen LogP contribution in [0.15, 0.2) is 30.3 Å². The van der Waals surface area contributed by atoms with Crippen molar-refractivity contribution in [3.8, 4) is 0 Å². The molecule has 0 N–H and O–H groups in total. The Morgan fingerprint density at radius 3 is 2.67 bits per heavy atom. The van der Waals surface area contributed by atoms with Crippen molar-refractivity contribution in [1.29, 1.82) is 0 Å². The van der Waals surface area contributed by atoms with Crippen molar-refractivity contribution in [2.45, 2.75) is 44.7 Å². The van der Waals surface area contributed by atoms with Gasteiger partial charge < -0.3 is 9.80 Å². The molecule has 4 heteroatoms. The molecule has 4 nitrogen and oxygen atoms in total. The van der Waals surface area contributed by atoms with Crippen LogP contribution in [-0.4, -0.2) is 52.9 Å². The van der Waals surface area contributed by atoms with Crippen LogP contribution in [0.3, 0.4) is 0 Å². The van der Waals surface area contributed by atoms with Crippen LogP contribution in [0.4, 0.5) is 0 Å². The minimum Gasteiger partial charge on any atom is -0.334 e. The molecule has 2 saturated heterocycles. The summed E-state index contributed by atoms with van der Waals surface area (Å²) >= 11 is 0. The first-order chi connectivity index (χ1) is 11.6. The number of fused-ring (bicyclic) bond motifs is 1. The molecule has 0 saturated carbocycles. The van der Waals surface area contributed by atoms with Gasteiger partial charge in [-0.3, -0.25) is 9.78 Å². The summed E-state index contributed by atoms with van der Waals surface area (Å²) in [7, 11) is 2.20. The minimum atomic E-state index is 0.180. The van der Waals surface area contributed by atoms with Gasteiger partial charge in [-0.15, -0.1) is 0 Å². The van der Waals surface area contributed by atoms with Crippen molar-refractivity contribution in [1.82, 2.24) is 14.8 Å². The second-order valence-corrected chi connectivity index (χ2v) is 7.23. The van der Waals surface area contributed by atoms with E-state index in [1.165, 1.54) is 12.8 Å². The second kappa shape index (κ2) is 6.17. The average Bonchev–Trinajstić information content (AvgIpc) is 3.21. The maximum absolute atomic E-state index is 13.4. The summed E-state index contributed by atoms with van der Waals surface area (Å²) in [6, 6.07) is 10.8. The lowest BCUT2D eigenvalue weighted by molar-refractivity contribution is 0.0666. The summed E-state index contributed by atoms with van der Waals surface area (Å²) < 4.78 is 0. The van der Waals surface area contributed by atoms with E-state index in [4.69, 9.17) is 0 Å². The van der Waals surface area contributed by atoms with Crippen LogP contribution in [0, 0.1) is 6.92 Å². The number of rotatable bonds is 2. The normalized spacial score (nSPS) is 24.8. The third kappa shape index (κ3) is 2.59. The minimum absolute atomic E-state index is 0.180. The van der Waals surface area contributed by atoms with Gasteiger partial charge in [0.2, 0.25) is 0 Å². The van der Waals surface area contributed by atoms with Crippen LogP contribution < -0.4 is 0 Å². The van der Waals surface area contributed by atoms with Crippen LogP contribution in [0.25, 0.3) is 10.9 Å². The highest BCUT2D eigenvalue weighted by Crippen LogP contribution is 2.31. The molecule has 3 heterocycles. The highest BCUT2D eigenvalue weighted by molar-refractivity contribution is 6.06. The molecule has 1 aromatic heterocycles. The lowest BCUT2D eigenvalue weighted by Crippen LogP contribution is -2.47. The highest BCUT2D eigenvalue weighted by Gasteiger charge is 2.38. The summed E-state index contributed by atoms with van der Waals surface area (Å²) in [5, 5.41) is 0.971. The smallest absolute Gasteiger partial charge is 0.254 e. The lowest BCUT2D eigenvalue weighted by atomic mass is 10.0. The quantitative estimate of drug-likeness (QED) is 0.851.